The van der Waals surface area contributed by atoms with Gasteiger partial charge < -0.3 is 10.5 Å². The smallest absolute Gasteiger partial charge is 0.416 e. The van der Waals surface area contributed by atoms with Crippen molar-refractivity contribution < 1.29 is 22.7 Å². The number of carbonyl (C=O) groups excluding carboxylic acids is 1. The molecule has 1 heterocycles. The van der Waals surface area contributed by atoms with Crippen LogP contribution in [-0.4, -0.2) is 12.5 Å². The molecule has 0 saturated carbocycles. The summed E-state index contributed by atoms with van der Waals surface area (Å²) in [6.45, 7) is 0.310. The van der Waals surface area contributed by atoms with Crippen molar-refractivity contribution in [3.8, 4) is 5.75 Å². The predicted molar refractivity (Wildman–Crippen MR) is 63.3 cm³/mol. The molecule has 1 aliphatic heterocycles. The molecule has 1 aromatic carbocycles. The van der Waals surface area contributed by atoms with E-state index in [1.807, 2.05) is 0 Å². The monoisotopic (exact) mass is 271 g/mol. The minimum absolute atomic E-state index is 0.139. The van der Waals surface area contributed by atoms with Gasteiger partial charge in [-0.05, 0) is 30.5 Å². The van der Waals surface area contributed by atoms with Gasteiger partial charge in [0.1, 0.15) is 5.75 Å². The maximum Gasteiger partial charge on any atom is 0.416 e. The van der Waals surface area contributed by atoms with Crippen LogP contribution in [0.3, 0.4) is 0 Å². The van der Waals surface area contributed by atoms with E-state index in [-0.39, 0.29) is 5.75 Å². The normalized spacial score (nSPS) is 17.5. The van der Waals surface area contributed by atoms with E-state index in [9.17, 15) is 18.0 Å². The van der Waals surface area contributed by atoms with E-state index in [0.717, 1.165) is 12.1 Å². The first-order valence-corrected chi connectivity index (χ1v) is 5.72. The van der Waals surface area contributed by atoms with E-state index >= 15 is 0 Å². The van der Waals surface area contributed by atoms with Crippen LogP contribution in [0.15, 0.2) is 24.3 Å². The van der Waals surface area contributed by atoms with Gasteiger partial charge in [-0.15, -0.1) is 0 Å². The molecule has 1 aromatic rings. The fourth-order valence-corrected chi connectivity index (χ4v) is 1.98. The van der Waals surface area contributed by atoms with Crippen LogP contribution in [0.25, 0.3) is 5.57 Å². The van der Waals surface area contributed by atoms with Gasteiger partial charge in [-0.25, -0.2) is 0 Å². The van der Waals surface area contributed by atoms with Crippen molar-refractivity contribution >= 4 is 11.5 Å². The number of hydrogen-bond acceptors (Lipinski definition) is 2. The lowest BCUT2D eigenvalue weighted by atomic mass is 9.99. The minimum atomic E-state index is -4.42. The standard InChI is InChI=1S/C13H12F3NO2/c14-13(15,16)9-3-4-10-8(6-12(17)18)2-1-5-19-11(10)7-9/h3-4,6-7H,1-2,5H2,(H2,17,18). The van der Waals surface area contributed by atoms with Crippen LogP contribution < -0.4 is 10.5 Å². The van der Waals surface area contributed by atoms with Gasteiger partial charge in [0.15, 0.2) is 0 Å². The van der Waals surface area contributed by atoms with E-state index in [1.165, 1.54) is 12.1 Å². The summed E-state index contributed by atoms with van der Waals surface area (Å²) in [7, 11) is 0. The summed E-state index contributed by atoms with van der Waals surface area (Å²) in [4.78, 5) is 10.9. The molecule has 6 heteroatoms. The van der Waals surface area contributed by atoms with Crippen LogP contribution in [0.2, 0.25) is 0 Å². The first-order valence-electron chi connectivity index (χ1n) is 5.72. The lowest BCUT2D eigenvalue weighted by Crippen LogP contribution is -2.08. The van der Waals surface area contributed by atoms with Gasteiger partial charge >= 0.3 is 6.18 Å². The number of nitrogens with two attached hydrogens (primary N) is 1. The molecule has 0 atom stereocenters. The Hall–Kier alpha value is -1.98. The molecule has 1 aliphatic rings. The highest BCUT2D eigenvalue weighted by molar-refractivity contribution is 5.94. The summed E-state index contributed by atoms with van der Waals surface area (Å²) in [6.07, 6.45) is -2.02. The Morgan fingerprint density at radius 2 is 2.11 bits per heavy atom. The molecule has 1 amide bonds. The lowest BCUT2D eigenvalue weighted by molar-refractivity contribution is -0.137. The van der Waals surface area contributed by atoms with Crippen molar-refractivity contribution in [3.05, 3.63) is 35.4 Å². The molecule has 0 fully saturated rings. The molecule has 19 heavy (non-hydrogen) atoms. The molecule has 0 aliphatic carbocycles. The number of fused-ring (bicyclic) bond motifs is 1. The van der Waals surface area contributed by atoms with Gasteiger partial charge in [-0.3, -0.25) is 4.79 Å². The highest BCUT2D eigenvalue weighted by Gasteiger charge is 2.31. The second-order valence-electron chi connectivity index (χ2n) is 4.23. The number of rotatable bonds is 1. The van der Waals surface area contributed by atoms with E-state index in [4.69, 9.17) is 10.5 Å². The number of alkyl halides is 3. The van der Waals surface area contributed by atoms with E-state index < -0.39 is 17.6 Å². The van der Waals surface area contributed by atoms with Crippen LogP contribution >= 0.6 is 0 Å². The zero-order chi connectivity index (χ0) is 14.0. The molecule has 3 nitrogen and oxygen atoms in total. The quantitative estimate of drug-likeness (QED) is 0.798. The second-order valence-corrected chi connectivity index (χ2v) is 4.23. The maximum atomic E-state index is 12.6. The van der Waals surface area contributed by atoms with Crippen molar-refractivity contribution in [3.63, 3.8) is 0 Å². The average Bonchev–Trinajstić information content (AvgIpc) is 2.49. The number of hydrogen-bond donors (Lipinski definition) is 1. The highest BCUT2D eigenvalue weighted by atomic mass is 19.4. The van der Waals surface area contributed by atoms with Crippen LogP contribution in [0.1, 0.15) is 24.0 Å². The summed E-state index contributed by atoms with van der Waals surface area (Å²) < 4.78 is 43.2. The summed E-state index contributed by atoms with van der Waals surface area (Å²) in [6, 6.07) is 3.25. The molecule has 0 unspecified atom stereocenters. The third-order valence-corrected chi connectivity index (χ3v) is 2.82. The number of allylic oxidation sites excluding steroid dienone is 1. The van der Waals surface area contributed by atoms with Crippen LogP contribution in [-0.2, 0) is 11.0 Å². The molecule has 2 N–H and O–H groups in total. The van der Waals surface area contributed by atoms with Crippen LogP contribution in [0, 0.1) is 0 Å². The Bertz CT molecular complexity index is 535. The SMILES string of the molecule is NC(=O)C=C1CCCOc2cc(C(F)(F)F)ccc21. The predicted octanol–water partition coefficient (Wildman–Crippen LogP) is 2.75. The second kappa shape index (κ2) is 4.95. The number of benzene rings is 1. The molecule has 0 aromatic heterocycles. The van der Waals surface area contributed by atoms with Gasteiger partial charge in [-0.1, -0.05) is 6.07 Å². The molecular formula is C13H12F3NO2. The third-order valence-electron chi connectivity index (χ3n) is 2.82. The van der Waals surface area contributed by atoms with Crippen molar-refractivity contribution in [2.75, 3.05) is 6.61 Å². The van der Waals surface area contributed by atoms with Gasteiger partial charge in [0.2, 0.25) is 5.91 Å². The molecular weight excluding hydrogens is 259 g/mol. The topological polar surface area (TPSA) is 52.3 Å². The molecule has 0 spiro atoms. The first kappa shape index (κ1) is 13.5. The van der Waals surface area contributed by atoms with E-state index in [0.29, 0.717) is 30.6 Å². The van der Waals surface area contributed by atoms with E-state index in [1.54, 1.807) is 0 Å². The van der Waals surface area contributed by atoms with Crippen molar-refractivity contribution in [1.82, 2.24) is 0 Å². The minimum Gasteiger partial charge on any atom is -0.493 e. The summed E-state index contributed by atoms with van der Waals surface area (Å²) >= 11 is 0. The van der Waals surface area contributed by atoms with Crippen molar-refractivity contribution in [1.29, 1.82) is 0 Å². The molecule has 0 saturated heterocycles. The number of halogens is 3. The fourth-order valence-electron chi connectivity index (χ4n) is 1.98. The number of amides is 1. The maximum absolute atomic E-state index is 12.6. The summed E-state index contributed by atoms with van der Waals surface area (Å²) in [5.74, 6) is -0.484. The molecule has 102 valence electrons. The lowest BCUT2D eigenvalue weighted by Gasteiger charge is -2.12. The molecule has 2 rings (SSSR count). The van der Waals surface area contributed by atoms with Crippen molar-refractivity contribution in [2.45, 2.75) is 19.0 Å². The first-order chi connectivity index (χ1) is 8.88. The van der Waals surface area contributed by atoms with Gasteiger partial charge in [0.25, 0.3) is 0 Å². The number of carbonyl (C=O) groups is 1. The summed E-state index contributed by atoms with van der Waals surface area (Å²) in [5, 5.41) is 0. The largest absolute Gasteiger partial charge is 0.493 e. The van der Waals surface area contributed by atoms with Crippen LogP contribution in [0.4, 0.5) is 13.2 Å². The molecule has 0 bridgehead atoms. The average molecular weight is 271 g/mol. The van der Waals surface area contributed by atoms with Crippen LogP contribution in [0.5, 0.6) is 5.75 Å². The zero-order valence-corrected chi connectivity index (χ0v) is 9.96. The summed E-state index contributed by atoms with van der Waals surface area (Å²) in [5.41, 5.74) is 5.42. The Balaban J connectivity index is 2.49. The van der Waals surface area contributed by atoms with Gasteiger partial charge in [-0.2, -0.15) is 13.2 Å². The Morgan fingerprint density at radius 1 is 1.37 bits per heavy atom. The Kier molecular flexibility index (Phi) is 3.50. The molecule has 0 radical (unpaired) electrons. The van der Waals surface area contributed by atoms with Gasteiger partial charge in [0, 0.05) is 11.6 Å². The van der Waals surface area contributed by atoms with Gasteiger partial charge in [0.05, 0.1) is 12.2 Å². The Morgan fingerprint density at radius 3 is 2.74 bits per heavy atom. The Labute approximate surface area is 107 Å². The highest BCUT2D eigenvalue weighted by Crippen LogP contribution is 2.37. The zero-order valence-electron chi connectivity index (χ0n) is 9.96. The number of ether oxygens (including phenoxy) is 1. The fraction of sp³-hybridized carbons (Fsp3) is 0.308. The number of primary amides is 1. The van der Waals surface area contributed by atoms with E-state index in [2.05, 4.69) is 0 Å². The van der Waals surface area contributed by atoms with Crippen molar-refractivity contribution in [2.24, 2.45) is 5.73 Å². The third kappa shape index (κ3) is 3.07.